The maximum atomic E-state index is 11.4. The van der Waals surface area contributed by atoms with Crippen molar-refractivity contribution < 1.29 is 17.3 Å². The van der Waals surface area contributed by atoms with Crippen LogP contribution in [-0.2, 0) is 15.9 Å². The van der Waals surface area contributed by atoms with Crippen LogP contribution in [0.2, 0.25) is 0 Å². The molecule has 0 amide bonds. The van der Waals surface area contributed by atoms with Crippen LogP contribution in [0.25, 0.3) is 11.7 Å². The number of halogens is 1. The summed E-state index contributed by atoms with van der Waals surface area (Å²) >= 11 is 5.50. The summed E-state index contributed by atoms with van der Waals surface area (Å²) in [7, 11) is -2.33. The molecular weight excluding hydrogens is 270 g/mol. The van der Waals surface area contributed by atoms with Gasteiger partial charge in [0.25, 0.3) is 15.9 Å². The summed E-state index contributed by atoms with van der Waals surface area (Å²) < 4.78 is 35.2. The van der Waals surface area contributed by atoms with Crippen LogP contribution >= 0.6 is 11.6 Å². The number of hydrogen-bond donors (Lipinski definition) is 1. The number of furan rings is 1. The molecule has 1 N–H and O–H groups in total. The van der Waals surface area contributed by atoms with Gasteiger partial charge < -0.3 is 8.83 Å². The lowest BCUT2D eigenvalue weighted by Gasteiger charge is -1.95. The summed E-state index contributed by atoms with van der Waals surface area (Å²) in [5.41, 5.74) is 0. The molecule has 2 aromatic heterocycles. The Balaban J connectivity index is 2.36. The van der Waals surface area contributed by atoms with Crippen molar-refractivity contribution in [2.45, 2.75) is 11.0 Å². The number of aromatic nitrogens is 2. The van der Waals surface area contributed by atoms with Gasteiger partial charge in [0.1, 0.15) is 5.88 Å². The first-order valence-corrected chi connectivity index (χ1v) is 6.50. The molecule has 2 heterocycles. The molecule has 0 aliphatic carbocycles. The highest BCUT2D eigenvalue weighted by molar-refractivity contribution is 7.89. The molecule has 9 heteroatoms. The first-order chi connectivity index (χ1) is 8.06. The number of hydrogen-bond acceptors (Lipinski definition) is 6. The molecule has 0 aromatic carbocycles. The van der Waals surface area contributed by atoms with Crippen LogP contribution < -0.4 is 4.72 Å². The van der Waals surface area contributed by atoms with Gasteiger partial charge >= 0.3 is 0 Å². The fraction of sp³-hybridized carbons (Fsp3) is 0.250. The van der Waals surface area contributed by atoms with Crippen LogP contribution in [0.4, 0.5) is 0 Å². The van der Waals surface area contributed by atoms with Gasteiger partial charge in [0, 0.05) is 0 Å². The van der Waals surface area contributed by atoms with Crippen molar-refractivity contribution in [1.82, 2.24) is 14.9 Å². The molecule has 92 valence electrons. The van der Waals surface area contributed by atoms with Crippen LogP contribution in [0.5, 0.6) is 0 Å². The number of alkyl halides is 1. The van der Waals surface area contributed by atoms with E-state index in [0.29, 0.717) is 0 Å². The van der Waals surface area contributed by atoms with Gasteiger partial charge in [-0.15, -0.1) is 21.8 Å². The second kappa shape index (κ2) is 4.47. The van der Waals surface area contributed by atoms with Crippen molar-refractivity contribution in [2.24, 2.45) is 0 Å². The standard InChI is InChI=1S/C8H8ClN3O4S/c1-10-17(13,14)7-3-2-5(15-7)8-12-11-6(4-9)16-8/h2-3,10H,4H2,1H3. The summed E-state index contributed by atoms with van der Waals surface area (Å²) in [5.74, 6) is 0.562. The lowest BCUT2D eigenvalue weighted by Crippen LogP contribution is -2.17. The molecule has 2 rings (SSSR count). The Morgan fingerprint density at radius 1 is 1.35 bits per heavy atom. The first-order valence-electron chi connectivity index (χ1n) is 4.49. The molecule has 0 aliphatic rings. The van der Waals surface area contributed by atoms with Gasteiger partial charge in [-0.1, -0.05) is 0 Å². The Morgan fingerprint density at radius 2 is 2.12 bits per heavy atom. The van der Waals surface area contributed by atoms with Crippen LogP contribution in [0, 0.1) is 0 Å². The molecule has 0 radical (unpaired) electrons. The van der Waals surface area contributed by atoms with E-state index in [9.17, 15) is 8.42 Å². The zero-order valence-electron chi connectivity index (χ0n) is 8.68. The molecule has 0 saturated heterocycles. The number of rotatable bonds is 4. The van der Waals surface area contributed by atoms with E-state index in [1.54, 1.807) is 0 Å². The third-order valence-corrected chi connectivity index (χ3v) is 3.42. The van der Waals surface area contributed by atoms with E-state index in [1.165, 1.54) is 19.2 Å². The van der Waals surface area contributed by atoms with Crippen molar-refractivity contribution in [3.05, 3.63) is 18.0 Å². The van der Waals surface area contributed by atoms with E-state index in [1.807, 2.05) is 0 Å². The average molecular weight is 278 g/mol. The van der Waals surface area contributed by atoms with E-state index in [0.717, 1.165) is 0 Å². The van der Waals surface area contributed by atoms with Crippen molar-refractivity contribution in [1.29, 1.82) is 0 Å². The van der Waals surface area contributed by atoms with Crippen LogP contribution in [0.3, 0.4) is 0 Å². The normalized spacial score (nSPS) is 11.9. The second-order valence-corrected chi connectivity index (χ2v) is 5.05. The second-order valence-electron chi connectivity index (χ2n) is 2.96. The minimum Gasteiger partial charge on any atom is -0.438 e. The van der Waals surface area contributed by atoms with Gasteiger partial charge in [0.2, 0.25) is 11.0 Å². The van der Waals surface area contributed by atoms with E-state index >= 15 is 0 Å². The quantitative estimate of drug-likeness (QED) is 0.836. The number of nitrogens with one attached hydrogen (secondary N) is 1. The van der Waals surface area contributed by atoms with Crippen LogP contribution in [-0.4, -0.2) is 25.7 Å². The summed E-state index contributed by atoms with van der Waals surface area (Å²) in [6.45, 7) is 0. The maximum absolute atomic E-state index is 11.4. The topological polar surface area (TPSA) is 98.2 Å². The van der Waals surface area contributed by atoms with Crippen molar-refractivity contribution in [3.63, 3.8) is 0 Å². The third kappa shape index (κ3) is 2.33. The Hall–Kier alpha value is -1.38. The monoisotopic (exact) mass is 277 g/mol. The van der Waals surface area contributed by atoms with E-state index < -0.39 is 10.0 Å². The minimum atomic E-state index is -3.62. The van der Waals surface area contributed by atoms with Gasteiger partial charge in [-0.3, -0.25) is 0 Å². The van der Waals surface area contributed by atoms with Gasteiger partial charge in [0.15, 0.2) is 5.76 Å². The lowest BCUT2D eigenvalue weighted by atomic mass is 10.5. The summed E-state index contributed by atoms with van der Waals surface area (Å²) in [5, 5.41) is 7.08. The summed E-state index contributed by atoms with van der Waals surface area (Å²) in [6, 6.07) is 2.72. The molecule has 0 aliphatic heterocycles. The Morgan fingerprint density at radius 3 is 2.71 bits per heavy atom. The molecule has 0 atom stereocenters. The molecule has 0 saturated carbocycles. The molecule has 17 heavy (non-hydrogen) atoms. The highest BCUT2D eigenvalue weighted by Gasteiger charge is 2.19. The summed E-state index contributed by atoms with van der Waals surface area (Å²) in [6.07, 6.45) is 0. The smallest absolute Gasteiger partial charge is 0.283 e. The zero-order chi connectivity index (χ0) is 12.5. The fourth-order valence-corrected chi connectivity index (χ4v) is 1.84. The van der Waals surface area contributed by atoms with Gasteiger partial charge in [-0.2, -0.15) is 0 Å². The largest absolute Gasteiger partial charge is 0.438 e. The molecule has 0 spiro atoms. The Bertz CT molecular complexity index is 618. The molecule has 0 fully saturated rings. The molecule has 7 nitrogen and oxygen atoms in total. The van der Waals surface area contributed by atoms with Crippen LogP contribution in [0.15, 0.2) is 26.1 Å². The third-order valence-electron chi connectivity index (χ3n) is 1.91. The number of sulfonamides is 1. The average Bonchev–Trinajstić information content (AvgIpc) is 2.97. The highest BCUT2D eigenvalue weighted by atomic mass is 35.5. The van der Waals surface area contributed by atoms with E-state index in [4.69, 9.17) is 20.4 Å². The van der Waals surface area contributed by atoms with E-state index in [2.05, 4.69) is 14.9 Å². The summed E-state index contributed by atoms with van der Waals surface area (Å²) in [4.78, 5) is 0. The van der Waals surface area contributed by atoms with Gasteiger partial charge in [-0.05, 0) is 19.2 Å². The zero-order valence-corrected chi connectivity index (χ0v) is 10.2. The lowest BCUT2D eigenvalue weighted by molar-refractivity contribution is 0.435. The molecule has 2 aromatic rings. The molecule has 0 bridgehead atoms. The predicted molar refractivity (Wildman–Crippen MR) is 57.8 cm³/mol. The minimum absolute atomic E-state index is 0.0787. The van der Waals surface area contributed by atoms with Crippen molar-refractivity contribution >= 4 is 21.6 Å². The molecular formula is C8H8ClN3O4S. The molecule has 0 unspecified atom stereocenters. The maximum Gasteiger partial charge on any atom is 0.283 e. The SMILES string of the molecule is CNS(=O)(=O)c1ccc(-c2nnc(CCl)o2)o1. The van der Waals surface area contributed by atoms with Gasteiger partial charge in [0.05, 0.1) is 0 Å². The Kier molecular flexibility index (Phi) is 3.18. The first kappa shape index (κ1) is 12.1. The van der Waals surface area contributed by atoms with Gasteiger partial charge in [-0.25, -0.2) is 13.1 Å². The van der Waals surface area contributed by atoms with Crippen molar-refractivity contribution in [2.75, 3.05) is 7.05 Å². The number of nitrogens with zero attached hydrogens (tertiary/aromatic N) is 2. The van der Waals surface area contributed by atoms with Crippen LogP contribution in [0.1, 0.15) is 5.89 Å². The fourth-order valence-electron chi connectivity index (χ4n) is 1.09. The Labute approximate surface area is 102 Å². The predicted octanol–water partition coefficient (Wildman–Crippen LogP) is 0.976. The van der Waals surface area contributed by atoms with E-state index in [-0.39, 0.29) is 28.5 Å². The highest BCUT2D eigenvalue weighted by Crippen LogP contribution is 2.23. The van der Waals surface area contributed by atoms with Crippen molar-refractivity contribution in [3.8, 4) is 11.7 Å².